The van der Waals surface area contributed by atoms with Gasteiger partial charge in [0.2, 0.25) is 0 Å². The zero-order valence-electron chi connectivity index (χ0n) is 22.4. The molecule has 4 rings (SSSR count). The molecule has 0 radical (unpaired) electrons. The van der Waals surface area contributed by atoms with Crippen molar-refractivity contribution < 1.29 is 23.9 Å². The number of amides is 3. The van der Waals surface area contributed by atoms with Crippen LogP contribution in [-0.4, -0.2) is 79.2 Å². The summed E-state index contributed by atoms with van der Waals surface area (Å²) < 4.78 is 10.6. The number of rotatable bonds is 9. The number of nitrogens with zero attached hydrogens (tertiary/aromatic N) is 5. The summed E-state index contributed by atoms with van der Waals surface area (Å²) in [5, 5.41) is 15.4. The van der Waals surface area contributed by atoms with Crippen molar-refractivity contribution in [3.8, 4) is 6.07 Å². The second-order valence-electron chi connectivity index (χ2n) is 9.74. The van der Waals surface area contributed by atoms with E-state index in [0.29, 0.717) is 67.9 Å². The Bertz CT molecular complexity index is 1270. The highest BCUT2D eigenvalue weighted by Crippen LogP contribution is 2.29. The molecule has 0 spiro atoms. The van der Waals surface area contributed by atoms with E-state index in [2.05, 4.69) is 26.7 Å². The van der Waals surface area contributed by atoms with Crippen LogP contribution in [0.5, 0.6) is 0 Å². The van der Waals surface area contributed by atoms with Gasteiger partial charge in [0.05, 0.1) is 17.9 Å². The molecule has 0 aromatic carbocycles. The molecule has 2 atom stereocenters. The average molecular weight is 536 g/mol. The van der Waals surface area contributed by atoms with Crippen LogP contribution >= 0.6 is 0 Å². The molecule has 2 aromatic heterocycles. The summed E-state index contributed by atoms with van der Waals surface area (Å²) in [5.74, 6) is 0.543. The van der Waals surface area contributed by atoms with E-state index >= 15 is 0 Å². The van der Waals surface area contributed by atoms with Gasteiger partial charge in [-0.3, -0.25) is 19.8 Å². The summed E-state index contributed by atoms with van der Waals surface area (Å²) in [6.07, 6.45) is 4.52. The third-order valence-electron chi connectivity index (χ3n) is 6.70. The Hall–Kier alpha value is -4.08. The number of carbonyl (C=O) groups is 3. The van der Waals surface area contributed by atoms with Crippen molar-refractivity contribution in [3.05, 3.63) is 40.7 Å². The Morgan fingerprint density at radius 3 is 2.90 bits per heavy atom. The van der Waals surface area contributed by atoms with Crippen molar-refractivity contribution >= 4 is 35.5 Å². The lowest BCUT2D eigenvalue weighted by atomic mass is 10.0. The van der Waals surface area contributed by atoms with Crippen LogP contribution in [0.4, 0.5) is 22.1 Å². The quantitative estimate of drug-likeness (QED) is 0.462. The normalized spacial score (nSPS) is 17.1. The number of fused-ring (bicyclic) bond motifs is 1. The van der Waals surface area contributed by atoms with E-state index in [1.54, 1.807) is 25.1 Å². The van der Waals surface area contributed by atoms with Gasteiger partial charge in [0.15, 0.2) is 6.29 Å². The van der Waals surface area contributed by atoms with Crippen molar-refractivity contribution in [2.45, 2.75) is 51.3 Å². The van der Waals surface area contributed by atoms with Crippen molar-refractivity contribution in [3.63, 3.8) is 0 Å². The Morgan fingerprint density at radius 2 is 2.21 bits per heavy atom. The number of likely N-dealkylation sites (N-methyl/N-ethyl adjacent to an activating group) is 1. The first-order valence-electron chi connectivity index (χ1n) is 12.9. The molecule has 3 amide bonds. The van der Waals surface area contributed by atoms with Crippen LogP contribution in [0.2, 0.25) is 0 Å². The first-order valence-corrected chi connectivity index (χ1v) is 12.9. The Balaban J connectivity index is 1.52. The number of ether oxygens (including phenoxy) is 2. The third-order valence-corrected chi connectivity index (χ3v) is 6.70. The monoisotopic (exact) mass is 535 g/mol. The van der Waals surface area contributed by atoms with Gasteiger partial charge in [0.25, 0.3) is 5.91 Å². The standard InChI is InChI=1S/C27H33N7O5/c1-17(16-38-3)30-21-11-24(29-13-20(21)12-28)32-27(37)34-8-4-6-18-10-19(22(15-35)31-25(18)34)14-33(2)26(36)23-7-5-9-39-23/h10-11,13,15,17,23H,4-9,14,16H2,1-3H3,(H2,29,30,32,37). The largest absolute Gasteiger partial charge is 0.383 e. The van der Waals surface area contributed by atoms with Gasteiger partial charge in [-0.1, -0.05) is 0 Å². The SMILES string of the molecule is COCC(C)Nc1cc(NC(=O)N2CCCc3cc(CN(C)C(=O)C4CCCO4)c(C=O)nc32)ncc1C#N. The van der Waals surface area contributed by atoms with Gasteiger partial charge in [-0.25, -0.2) is 14.8 Å². The molecule has 2 aliphatic heterocycles. The van der Waals surface area contributed by atoms with E-state index < -0.39 is 12.1 Å². The first kappa shape index (κ1) is 27.9. The number of aldehydes is 1. The van der Waals surface area contributed by atoms with Gasteiger partial charge in [-0.15, -0.1) is 0 Å². The predicted octanol–water partition coefficient (Wildman–Crippen LogP) is 2.73. The van der Waals surface area contributed by atoms with Crippen molar-refractivity contribution in [2.75, 3.05) is 49.4 Å². The third kappa shape index (κ3) is 6.50. The molecule has 206 valence electrons. The molecule has 2 aliphatic rings. The number of urea groups is 1. The fourth-order valence-electron chi connectivity index (χ4n) is 4.80. The van der Waals surface area contributed by atoms with Gasteiger partial charge in [-0.05, 0) is 44.2 Å². The minimum Gasteiger partial charge on any atom is -0.383 e. The maximum Gasteiger partial charge on any atom is 0.328 e. The second-order valence-corrected chi connectivity index (χ2v) is 9.74. The topological polar surface area (TPSA) is 150 Å². The van der Waals surface area contributed by atoms with Crippen LogP contribution in [-0.2, 0) is 27.2 Å². The van der Waals surface area contributed by atoms with Gasteiger partial charge in [0, 0.05) is 57.7 Å². The summed E-state index contributed by atoms with van der Waals surface area (Å²) in [6, 6.07) is 5.02. The average Bonchev–Trinajstić information content (AvgIpc) is 3.47. The van der Waals surface area contributed by atoms with Gasteiger partial charge in [-0.2, -0.15) is 5.26 Å². The summed E-state index contributed by atoms with van der Waals surface area (Å²) in [4.78, 5) is 49.7. The number of nitriles is 1. The number of nitrogens with one attached hydrogen (secondary N) is 2. The van der Waals surface area contributed by atoms with E-state index in [9.17, 15) is 19.6 Å². The molecular formula is C27H33N7O5. The molecule has 2 N–H and O–H groups in total. The van der Waals surface area contributed by atoms with E-state index in [1.165, 1.54) is 11.1 Å². The molecule has 4 heterocycles. The van der Waals surface area contributed by atoms with E-state index in [-0.39, 0.29) is 30.0 Å². The Morgan fingerprint density at radius 1 is 1.38 bits per heavy atom. The number of anilines is 3. The number of carbonyl (C=O) groups excluding carboxylic acids is 3. The smallest absolute Gasteiger partial charge is 0.328 e. The first-order chi connectivity index (χ1) is 18.8. The van der Waals surface area contributed by atoms with Crippen LogP contribution in [0.15, 0.2) is 18.3 Å². The van der Waals surface area contributed by atoms with E-state index in [4.69, 9.17) is 9.47 Å². The summed E-state index contributed by atoms with van der Waals surface area (Å²) in [5.41, 5.74) is 2.48. The van der Waals surface area contributed by atoms with Crippen LogP contribution < -0.4 is 15.5 Å². The summed E-state index contributed by atoms with van der Waals surface area (Å²) in [6.45, 7) is 3.54. The highest BCUT2D eigenvalue weighted by molar-refractivity contribution is 6.02. The van der Waals surface area contributed by atoms with E-state index in [0.717, 1.165) is 12.0 Å². The molecule has 12 heteroatoms. The fraction of sp³-hybridized carbons (Fsp3) is 0.481. The molecule has 1 saturated heterocycles. The summed E-state index contributed by atoms with van der Waals surface area (Å²) in [7, 11) is 3.27. The Labute approximate surface area is 227 Å². The zero-order chi connectivity index (χ0) is 27.9. The van der Waals surface area contributed by atoms with Gasteiger partial charge < -0.3 is 19.7 Å². The maximum absolute atomic E-state index is 13.3. The summed E-state index contributed by atoms with van der Waals surface area (Å²) >= 11 is 0. The number of aromatic nitrogens is 2. The van der Waals surface area contributed by atoms with Crippen LogP contribution in [0.3, 0.4) is 0 Å². The Kier molecular flexibility index (Phi) is 9.06. The lowest BCUT2D eigenvalue weighted by Gasteiger charge is -2.30. The zero-order valence-corrected chi connectivity index (χ0v) is 22.4. The number of methoxy groups -OCH3 is 1. The molecular weight excluding hydrogens is 502 g/mol. The van der Waals surface area contributed by atoms with Gasteiger partial charge in [0.1, 0.15) is 29.5 Å². The minimum absolute atomic E-state index is 0.0674. The molecule has 0 saturated carbocycles. The van der Waals surface area contributed by atoms with Crippen LogP contribution in [0, 0.1) is 11.3 Å². The number of aryl methyl sites for hydroxylation is 1. The lowest BCUT2D eigenvalue weighted by molar-refractivity contribution is -0.140. The molecule has 0 aliphatic carbocycles. The molecule has 0 bridgehead atoms. The van der Waals surface area contributed by atoms with Crippen molar-refractivity contribution in [1.29, 1.82) is 5.26 Å². The molecule has 12 nitrogen and oxygen atoms in total. The number of pyridine rings is 2. The fourth-order valence-corrected chi connectivity index (χ4v) is 4.80. The second kappa shape index (κ2) is 12.6. The predicted molar refractivity (Wildman–Crippen MR) is 144 cm³/mol. The molecule has 2 unspecified atom stereocenters. The van der Waals surface area contributed by atoms with Crippen LogP contribution in [0.25, 0.3) is 0 Å². The van der Waals surface area contributed by atoms with Crippen molar-refractivity contribution in [2.24, 2.45) is 0 Å². The lowest BCUT2D eigenvalue weighted by Crippen LogP contribution is -2.40. The van der Waals surface area contributed by atoms with Crippen molar-refractivity contribution in [1.82, 2.24) is 14.9 Å². The number of hydrogen-bond donors (Lipinski definition) is 2. The highest BCUT2D eigenvalue weighted by Gasteiger charge is 2.29. The molecule has 39 heavy (non-hydrogen) atoms. The highest BCUT2D eigenvalue weighted by atomic mass is 16.5. The van der Waals surface area contributed by atoms with E-state index in [1.807, 2.05) is 13.0 Å². The molecule has 2 aromatic rings. The minimum atomic E-state index is -0.452. The van der Waals surface area contributed by atoms with Gasteiger partial charge >= 0.3 is 6.03 Å². The maximum atomic E-state index is 13.3. The molecule has 1 fully saturated rings. The van der Waals surface area contributed by atoms with Crippen LogP contribution in [0.1, 0.15) is 53.4 Å². The number of hydrogen-bond acceptors (Lipinski definition) is 9.